The summed E-state index contributed by atoms with van der Waals surface area (Å²) in [6, 6.07) is 38.0. The summed E-state index contributed by atoms with van der Waals surface area (Å²) in [5, 5.41) is 0. The fourth-order valence-electron chi connectivity index (χ4n) is 5.63. The summed E-state index contributed by atoms with van der Waals surface area (Å²) in [7, 11) is 0. The zero-order valence-electron chi connectivity index (χ0n) is 19.2. The quantitative estimate of drug-likeness (QED) is 0.372. The summed E-state index contributed by atoms with van der Waals surface area (Å²) < 4.78 is 4.03. The van der Waals surface area contributed by atoms with Gasteiger partial charge in [-0.1, -0.05) is 85.8 Å². The second-order valence-electron chi connectivity index (χ2n) is 9.24. The summed E-state index contributed by atoms with van der Waals surface area (Å²) in [5.74, 6) is 0. The van der Waals surface area contributed by atoms with Crippen molar-refractivity contribution in [2.75, 3.05) is 5.73 Å². The molecule has 0 fully saturated rings. The third-order valence-electron chi connectivity index (χ3n) is 7.31. The van der Waals surface area contributed by atoms with Crippen molar-refractivity contribution in [2.45, 2.75) is 24.2 Å². The predicted molar refractivity (Wildman–Crippen MR) is 145 cm³/mol. The maximum absolute atomic E-state index is 2.76. The van der Waals surface area contributed by atoms with Gasteiger partial charge in [0.1, 0.15) is 0 Å². The van der Waals surface area contributed by atoms with E-state index in [0.29, 0.717) is 0 Å². The summed E-state index contributed by atoms with van der Waals surface area (Å²) in [6.07, 6.45) is 0.964. The molecule has 5 rings (SSSR count). The normalized spacial score (nSPS) is 18.3. The Morgan fingerprint density at radius 1 is 0.559 bits per heavy atom. The van der Waals surface area contributed by atoms with E-state index in [1.807, 2.05) is 5.73 Å². The van der Waals surface area contributed by atoms with E-state index in [1.165, 1.54) is 27.8 Å². The molecule has 1 aliphatic rings. The first-order chi connectivity index (χ1) is 16.4. The molecule has 156 valence electrons. The van der Waals surface area contributed by atoms with Crippen molar-refractivity contribution in [3.8, 4) is 0 Å². The molecule has 0 aliphatic heterocycles. The molecule has 6 heteroatoms. The lowest BCUT2D eigenvalue weighted by Gasteiger charge is -2.35. The van der Waals surface area contributed by atoms with Gasteiger partial charge in [0.2, 0.25) is 0 Å². The van der Waals surface area contributed by atoms with Crippen molar-refractivity contribution >= 4 is 77.4 Å². The van der Waals surface area contributed by atoms with Crippen LogP contribution in [0.3, 0.4) is 0 Å². The molecule has 4 aromatic rings. The number of anilines is 2. The molecule has 34 heavy (non-hydrogen) atoms. The topological polar surface area (TPSA) is 6.48 Å². The van der Waals surface area contributed by atoms with E-state index in [0.717, 1.165) is 17.8 Å². The van der Waals surface area contributed by atoms with Gasteiger partial charge in [0, 0.05) is 10.8 Å². The predicted octanol–water partition coefficient (Wildman–Crippen LogP) is 4.68. The largest absolute Gasteiger partial charge is 0.587 e. The molecule has 0 heterocycles. The molecule has 0 amide bonds. The van der Waals surface area contributed by atoms with E-state index in [4.69, 9.17) is 0 Å². The van der Waals surface area contributed by atoms with E-state index < -0.39 is 0 Å². The molecular formula is C28H22Al4N2. The highest BCUT2D eigenvalue weighted by Crippen LogP contribution is 2.59. The molecule has 0 aromatic heterocycles. The van der Waals surface area contributed by atoms with Gasteiger partial charge >= 0.3 is 0 Å². The Kier molecular flexibility index (Phi) is 6.85. The van der Waals surface area contributed by atoms with E-state index >= 15 is 0 Å². The van der Waals surface area contributed by atoms with Crippen molar-refractivity contribution < 1.29 is 0 Å². The van der Waals surface area contributed by atoms with Crippen LogP contribution < -0.4 is 5.73 Å². The lowest BCUT2D eigenvalue weighted by Crippen LogP contribution is -2.30. The molecule has 8 radical (unpaired) electrons. The first-order valence-electron chi connectivity index (χ1n) is 11.3. The molecule has 1 aliphatic carbocycles. The van der Waals surface area contributed by atoms with Crippen LogP contribution in [0.15, 0.2) is 103 Å². The third kappa shape index (κ3) is 4.03. The van der Waals surface area contributed by atoms with Gasteiger partial charge in [-0.15, -0.1) is 0 Å². The monoisotopic (exact) mass is 494 g/mol. The van der Waals surface area contributed by atoms with Gasteiger partial charge < -0.3 is 5.73 Å². The number of benzene rings is 4. The van der Waals surface area contributed by atoms with E-state index in [-0.39, 0.29) is 10.8 Å². The van der Waals surface area contributed by atoms with Gasteiger partial charge in [-0.3, -0.25) is 0 Å². The molecule has 0 N–H and O–H groups in total. The number of hydrogen-bond donors (Lipinski definition) is 0. The third-order valence-corrected chi connectivity index (χ3v) is 8.50. The zero-order chi connectivity index (χ0) is 23.9. The zero-order valence-corrected chi connectivity index (χ0v) is 23.8. The average molecular weight is 494 g/mol. The van der Waals surface area contributed by atoms with Crippen molar-refractivity contribution in [3.05, 3.63) is 131 Å². The second-order valence-corrected chi connectivity index (χ2v) is 12.7. The highest BCUT2D eigenvalue weighted by Gasteiger charge is 2.52. The Bertz CT molecular complexity index is 1250. The van der Waals surface area contributed by atoms with Crippen LogP contribution in [0.4, 0.5) is 11.4 Å². The lowest BCUT2D eigenvalue weighted by molar-refractivity contribution is 0.473. The second kappa shape index (κ2) is 9.58. The summed E-state index contributed by atoms with van der Waals surface area (Å²) in [4.78, 5) is 0. The minimum atomic E-state index is -0.232. The van der Waals surface area contributed by atoms with Crippen LogP contribution in [0, 0.1) is 0 Å². The molecule has 1 atom stereocenters. The van der Waals surface area contributed by atoms with Gasteiger partial charge in [-0.25, -0.2) is 0 Å². The first kappa shape index (κ1) is 24.3. The van der Waals surface area contributed by atoms with Crippen molar-refractivity contribution in [3.63, 3.8) is 0 Å². The van der Waals surface area contributed by atoms with Crippen LogP contribution in [0.1, 0.15) is 41.2 Å². The van der Waals surface area contributed by atoms with Gasteiger partial charge in [-0.2, -0.15) is 0 Å². The fourth-order valence-corrected chi connectivity index (χ4v) is 6.29. The summed E-state index contributed by atoms with van der Waals surface area (Å²) in [5.41, 5.74) is 8.69. The van der Waals surface area contributed by atoms with E-state index in [9.17, 15) is 0 Å². The minimum Gasteiger partial charge on any atom is -0.587 e. The van der Waals surface area contributed by atoms with Crippen LogP contribution in [-0.4, -0.2) is 66.0 Å². The van der Waals surface area contributed by atoms with Crippen LogP contribution >= 0.6 is 0 Å². The van der Waals surface area contributed by atoms with Gasteiger partial charge in [-0.05, 0) is 69.9 Å². The molecular weight excluding hydrogens is 472 g/mol. The van der Waals surface area contributed by atoms with Crippen LogP contribution in [0.5, 0.6) is 0 Å². The summed E-state index contributed by atoms with van der Waals surface area (Å²) in [6.45, 7) is 2.41. The smallest absolute Gasteiger partial charge is 0.277 e. The maximum atomic E-state index is 2.76. The molecule has 4 aromatic carbocycles. The van der Waals surface area contributed by atoms with Crippen molar-refractivity contribution in [1.29, 1.82) is 0 Å². The Morgan fingerprint density at radius 2 is 1.06 bits per heavy atom. The number of nitrogens with zero attached hydrogens (tertiary/aromatic N) is 2. The number of fused-ring (bicyclic) bond motifs is 1. The molecule has 0 saturated carbocycles. The van der Waals surface area contributed by atoms with Gasteiger partial charge in [0.05, 0.1) is 0 Å². The Labute approximate surface area is 236 Å². The molecule has 0 bridgehead atoms. The van der Waals surface area contributed by atoms with Crippen LogP contribution in [-0.2, 0) is 10.8 Å². The molecule has 0 spiro atoms. The minimum absolute atomic E-state index is 0.159. The van der Waals surface area contributed by atoms with Crippen molar-refractivity contribution in [2.24, 2.45) is 0 Å². The van der Waals surface area contributed by atoms with Gasteiger partial charge in [0.25, 0.3) is 66.0 Å². The van der Waals surface area contributed by atoms with Crippen LogP contribution in [0.25, 0.3) is 0 Å². The van der Waals surface area contributed by atoms with Crippen LogP contribution in [0.2, 0.25) is 0 Å². The SMILES string of the molecule is CC1(c2ccc([N]([Al])[Al])cc2)CC(c2ccccc2)(c2ccccc2)c2ccc([N]([Al])[Al])cc21. The molecule has 1 unspecified atom stereocenters. The molecule has 2 nitrogen and oxygen atoms in total. The highest BCUT2D eigenvalue weighted by atomic mass is 27.1. The standard InChI is InChI=1S/C28H22N2.4Al/c1-27(20-12-14-23(29)15-13-20)19-28(21-8-4-2-5-9-21,22-10-6-3-7-11-22)25-17-16-24(30)18-26(25)27;;;;/h2-18H,19H2,1H3;;;;. The Morgan fingerprint density at radius 3 is 1.56 bits per heavy atom. The number of rotatable bonds is 5. The van der Waals surface area contributed by atoms with E-state index in [1.54, 1.807) is 0 Å². The average Bonchev–Trinajstić information content (AvgIpc) is 3.15. The number of hydrogen-bond acceptors (Lipinski definition) is 2. The van der Waals surface area contributed by atoms with Crippen molar-refractivity contribution in [1.82, 2.24) is 0 Å². The van der Waals surface area contributed by atoms with E-state index in [2.05, 4.69) is 176 Å². The first-order valence-corrected chi connectivity index (χ1v) is 13.4. The molecule has 0 saturated heterocycles. The lowest BCUT2D eigenvalue weighted by atomic mass is 9.67. The Hall–Kier alpha value is -1.39. The maximum Gasteiger partial charge on any atom is 0.277 e. The fraction of sp³-hybridized carbons (Fsp3) is 0.143. The Balaban J connectivity index is 1.81. The van der Waals surface area contributed by atoms with Gasteiger partial charge in [0.15, 0.2) is 0 Å². The summed E-state index contributed by atoms with van der Waals surface area (Å²) >= 11 is 10.9. The highest BCUT2D eigenvalue weighted by molar-refractivity contribution is 6.42.